The molecule has 0 radical (unpaired) electrons. The molecular formula is C26H37FN3O10P. The lowest BCUT2D eigenvalue weighted by Gasteiger charge is -2.28. The monoisotopic (exact) mass is 601 g/mol. The average Bonchev–Trinajstić information content (AvgIpc) is 3.16. The Labute approximate surface area is 237 Å². The lowest BCUT2D eigenvalue weighted by molar-refractivity contribution is -0.158. The lowest BCUT2D eigenvalue weighted by atomic mass is 9.98. The predicted octanol–water partition coefficient (Wildman–Crippen LogP) is 3.26. The number of aromatic nitrogens is 2. The number of esters is 2. The second-order valence-electron chi connectivity index (χ2n) is 9.99. The van der Waals surface area contributed by atoms with Gasteiger partial charge in [0.05, 0.1) is 13.2 Å². The summed E-state index contributed by atoms with van der Waals surface area (Å²) in [6.45, 7) is 2.01. The first kappa shape index (κ1) is 30.6. The Hall–Kier alpha value is -3.32. The third kappa shape index (κ3) is 7.70. The van der Waals surface area contributed by atoms with Gasteiger partial charge in [-0.15, -0.1) is 0 Å². The minimum atomic E-state index is -4.36. The Morgan fingerprint density at radius 2 is 1.83 bits per heavy atom. The van der Waals surface area contributed by atoms with E-state index in [0.717, 1.165) is 23.8 Å². The van der Waals surface area contributed by atoms with Gasteiger partial charge in [0.2, 0.25) is 0 Å². The van der Waals surface area contributed by atoms with Gasteiger partial charge in [-0.05, 0) is 38.8 Å². The van der Waals surface area contributed by atoms with Gasteiger partial charge in [-0.1, -0.05) is 31.0 Å². The summed E-state index contributed by atoms with van der Waals surface area (Å²) < 4.78 is 58.9. The molecule has 1 aromatic heterocycles. The van der Waals surface area contributed by atoms with Crippen LogP contribution in [0.1, 0.15) is 55.0 Å². The van der Waals surface area contributed by atoms with Gasteiger partial charge in [0.15, 0.2) is 18.0 Å². The van der Waals surface area contributed by atoms with E-state index >= 15 is 4.39 Å². The van der Waals surface area contributed by atoms with Crippen molar-refractivity contribution in [2.75, 3.05) is 13.2 Å². The van der Waals surface area contributed by atoms with E-state index in [-0.39, 0.29) is 21.6 Å². The first-order valence-corrected chi connectivity index (χ1v) is 14.8. The van der Waals surface area contributed by atoms with Crippen LogP contribution in [0.5, 0.6) is 5.75 Å². The smallest absolute Gasteiger partial charge is 0.459 e. The SMILES string of the molecule is C[C@@H]1N[P@](=O)(Oc2ccccc2)OC[C@H]2O[C@@H](n3ccc(=O)[nH]c3=O)[C@](C)(F)[C@@H]2OC(=O)CCCCCCOC1=O.[HH].[HH]. The highest BCUT2D eigenvalue weighted by Gasteiger charge is 2.58. The molecule has 2 fully saturated rings. The Balaban J connectivity index is 0.00000323. The zero-order valence-corrected chi connectivity index (χ0v) is 23.5. The molecule has 2 aliphatic rings. The number of aromatic amines is 1. The third-order valence-corrected chi connectivity index (χ3v) is 8.29. The molecule has 6 atom stereocenters. The molecule has 1 aromatic carbocycles. The number of carbonyl (C=O) groups is 2. The maximum atomic E-state index is 16.4. The Bertz CT molecular complexity index is 1390. The molecule has 0 saturated carbocycles. The molecule has 4 rings (SSSR count). The van der Waals surface area contributed by atoms with E-state index in [2.05, 4.69) is 5.09 Å². The van der Waals surface area contributed by atoms with E-state index in [1.54, 1.807) is 18.2 Å². The summed E-state index contributed by atoms with van der Waals surface area (Å²) >= 11 is 0. The number of fused-ring (bicyclic) bond motifs is 1. The third-order valence-electron chi connectivity index (χ3n) is 6.65. The summed E-state index contributed by atoms with van der Waals surface area (Å²) in [6, 6.07) is 7.92. The van der Waals surface area contributed by atoms with Crippen LogP contribution in [0.2, 0.25) is 0 Å². The zero-order chi connectivity index (χ0) is 29.6. The molecule has 41 heavy (non-hydrogen) atoms. The van der Waals surface area contributed by atoms with Crippen LogP contribution in [0.4, 0.5) is 4.39 Å². The first-order chi connectivity index (χ1) is 19.5. The standard InChI is InChI=1S/C26H33FN3O10P.2H2/c1-17-23(33)36-15-9-4-3-8-12-21(32)39-22-19(16-37-41(35,29-17)40-18-10-6-5-7-11-18)38-24(26(22,2)27)30-14-13-20(31)28-25(30)34;;/h5-7,10-11,13-14,17,19,22,24H,3-4,8-9,12,15-16H2,1-2H3,(H,29,35)(H,28,31,34);2*1H/t17-,19+,22+,24+,26+,41+;;/m0../s1. The summed E-state index contributed by atoms with van der Waals surface area (Å²) in [5, 5.41) is 2.54. The normalized spacial score (nSPS) is 32.3. The molecule has 0 unspecified atom stereocenters. The molecule has 2 aliphatic heterocycles. The molecule has 0 spiro atoms. The van der Waals surface area contributed by atoms with Crippen molar-refractivity contribution in [3.05, 3.63) is 63.4 Å². The largest absolute Gasteiger partial charge is 0.465 e. The number of benzene rings is 1. The molecule has 0 bridgehead atoms. The predicted molar refractivity (Wildman–Crippen MR) is 146 cm³/mol. The van der Waals surface area contributed by atoms with Gasteiger partial charge in [-0.3, -0.25) is 28.5 Å². The van der Waals surface area contributed by atoms with Crippen molar-refractivity contribution in [3.8, 4) is 5.75 Å². The van der Waals surface area contributed by atoms with Gasteiger partial charge < -0.3 is 18.7 Å². The molecule has 0 amide bonds. The van der Waals surface area contributed by atoms with Crippen LogP contribution in [0.25, 0.3) is 0 Å². The number of para-hydroxylation sites is 1. The van der Waals surface area contributed by atoms with Crippen LogP contribution in [0.15, 0.2) is 52.2 Å². The number of ether oxygens (including phenoxy) is 3. The van der Waals surface area contributed by atoms with Crippen molar-refractivity contribution in [2.24, 2.45) is 0 Å². The van der Waals surface area contributed by atoms with Gasteiger partial charge in [-0.25, -0.2) is 13.8 Å². The molecule has 0 aliphatic carbocycles. The summed E-state index contributed by atoms with van der Waals surface area (Å²) in [4.78, 5) is 51.3. The number of carbonyl (C=O) groups excluding carboxylic acids is 2. The number of hydrogen-bond donors (Lipinski definition) is 2. The summed E-state index contributed by atoms with van der Waals surface area (Å²) in [5.74, 6) is -1.23. The van der Waals surface area contributed by atoms with E-state index in [0.29, 0.717) is 25.7 Å². The number of nitrogens with zero attached hydrogens (tertiary/aromatic N) is 1. The van der Waals surface area contributed by atoms with Crippen LogP contribution in [-0.4, -0.2) is 58.6 Å². The van der Waals surface area contributed by atoms with Crippen molar-refractivity contribution in [1.29, 1.82) is 0 Å². The maximum absolute atomic E-state index is 16.4. The van der Waals surface area contributed by atoms with Crippen LogP contribution in [0, 0.1) is 0 Å². The number of alkyl halides is 1. The topological polar surface area (TPSA) is 164 Å². The number of H-pyrrole nitrogens is 1. The van der Waals surface area contributed by atoms with Crippen molar-refractivity contribution >= 4 is 19.7 Å². The molecule has 13 nitrogen and oxygen atoms in total. The number of rotatable bonds is 3. The highest BCUT2D eigenvalue weighted by Crippen LogP contribution is 2.48. The minimum Gasteiger partial charge on any atom is -0.465 e. The Morgan fingerprint density at radius 1 is 1.10 bits per heavy atom. The molecule has 15 heteroatoms. The average molecular weight is 602 g/mol. The van der Waals surface area contributed by atoms with E-state index in [1.807, 2.05) is 4.98 Å². The molecule has 2 saturated heterocycles. The van der Waals surface area contributed by atoms with Crippen LogP contribution >= 0.6 is 7.75 Å². The highest BCUT2D eigenvalue weighted by atomic mass is 31.2. The first-order valence-electron chi connectivity index (χ1n) is 13.3. The Morgan fingerprint density at radius 3 is 2.56 bits per heavy atom. The van der Waals surface area contributed by atoms with E-state index in [1.165, 1.54) is 19.1 Å². The van der Waals surface area contributed by atoms with Gasteiger partial charge in [-0.2, -0.15) is 5.09 Å². The molecule has 2 aromatic rings. The summed E-state index contributed by atoms with van der Waals surface area (Å²) in [5.41, 5.74) is -4.12. The van der Waals surface area contributed by atoms with Crippen molar-refractivity contribution < 1.29 is 44.7 Å². The molecule has 2 N–H and O–H groups in total. The van der Waals surface area contributed by atoms with Crippen LogP contribution in [0.3, 0.4) is 0 Å². The maximum Gasteiger partial charge on any atom is 0.459 e. The second-order valence-corrected chi connectivity index (χ2v) is 11.7. The number of halogens is 1. The fourth-order valence-corrected chi connectivity index (χ4v) is 6.04. The van der Waals surface area contributed by atoms with Crippen molar-refractivity contribution in [3.63, 3.8) is 0 Å². The van der Waals surface area contributed by atoms with Crippen molar-refractivity contribution in [1.82, 2.24) is 14.6 Å². The number of cyclic esters (lactones) is 1. The van der Waals surface area contributed by atoms with E-state index in [9.17, 15) is 23.7 Å². The lowest BCUT2D eigenvalue weighted by Crippen LogP contribution is -2.46. The van der Waals surface area contributed by atoms with Gasteiger partial charge in [0.1, 0.15) is 17.9 Å². The highest BCUT2D eigenvalue weighted by molar-refractivity contribution is 7.52. The van der Waals surface area contributed by atoms with Crippen LogP contribution < -0.4 is 20.9 Å². The fraction of sp³-hybridized carbons (Fsp3) is 0.538. The van der Waals surface area contributed by atoms with E-state index < -0.39 is 67.7 Å². The fourth-order valence-electron chi connectivity index (χ4n) is 4.54. The molecular weight excluding hydrogens is 564 g/mol. The summed E-state index contributed by atoms with van der Waals surface area (Å²) in [6.07, 6.45) is -1.28. The minimum absolute atomic E-state index is 0. The van der Waals surface area contributed by atoms with Gasteiger partial charge >= 0.3 is 25.4 Å². The van der Waals surface area contributed by atoms with E-state index in [4.69, 9.17) is 23.3 Å². The summed E-state index contributed by atoms with van der Waals surface area (Å²) in [7, 11) is -4.36. The Kier molecular flexibility index (Phi) is 9.80. The quantitative estimate of drug-likeness (QED) is 0.392. The van der Waals surface area contributed by atoms with Gasteiger partial charge in [0, 0.05) is 21.5 Å². The second kappa shape index (κ2) is 13.1. The zero-order valence-electron chi connectivity index (χ0n) is 22.7. The van der Waals surface area contributed by atoms with Crippen molar-refractivity contribution in [2.45, 2.75) is 76.1 Å². The number of nitrogens with one attached hydrogen (secondary N) is 2. The van der Waals surface area contributed by atoms with Gasteiger partial charge in [0.25, 0.3) is 5.56 Å². The van der Waals surface area contributed by atoms with Crippen LogP contribution in [-0.2, 0) is 32.9 Å². The number of hydrogen-bond acceptors (Lipinski definition) is 10. The molecule has 3 heterocycles. The molecule has 228 valence electrons.